The third-order valence-electron chi connectivity index (χ3n) is 19.2. The first-order valence-electron chi connectivity index (χ1n) is 32.1. The van der Waals surface area contributed by atoms with Crippen LogP contribution in [0.5, 0.6) is 0 Å². The van der Waals surface area contributed by atoms with Crippen molar-refractivity contribution >= 4 is 87.2 Å². The summed E-state index contributed by atoms with van der Waals surface area (Å²) >= 11 is 0. The molecule has 0 spiro atoms. The van der Waals surface area contributed by atoms with E-state index in [1.807, 2.05) is 0 Å². The number of rotatable bonds is 10. The van der Waals surface area contributed by atoms with Crippen molar-refractivity contribution in [3.63, 3.8) is 0 Å². The molecule has 6 heteroatoms. The lowest BCUT2D eigenvalue weighted by Gasteiger charge is -2.14. The Balaban J connectivity index is 0.756. The van der Waals surface area contributed by atoms with E-state index in [0.29, 0.717) is 5.95 Å². The summed E-state index contributed by atoms with van der Waals surface area (Å²) in [6, 6.07) is 123. The molecule has 19 aromatic rings. The van der Waals surface area contributed by atoms with Crippen molar-refractivity contribution in [3.05, 3.63) is 340 Å². The van der Waals surface area contributed by atoms with Crippen LogP contribution in [0, 0.1) is 0 Å². The molecule has 0 unspecified atom stereocenters. The van der Waals surface area contributed by atoms with E-state index in [1.54, 1.807) is 0 Å². The van der Waals surface area contributed by atoms with Gasteiger partial charge in [0.1, 0.15) is 0 Å². The van der Waals surface area contributed by atoms with Crippen LogP contribution in [0.3, 0.4) is 0 Å². The zero-order valence-electron chi connectivity index (χ0n) is 51.0. The van der Waals surface area contributed by atoms with Gasteiger partial charge >= 0.3 is 0 Å². The first-order chi connectivity index (χ1) is 46.6. The molecule has 0 aliphatic heterocycles. The maximum absolute atomic E-state index is 5.66. The second kappa shape index (κ2) is 21.5. The Morgan fingerprint density at radius 1 is 0.160 bits per heavy atom. The van der Waals surface area contributed by atoms with Crippen LogP contribution in [0.15, 0.2) is 340 Å². The van der Waals surface area contributed by atoms with E-state index in [9.17, 15) is 0 Å². The molecule has 6 nitrogen and oxygen atoms in total. The van der Waals surface area contributed by atoms with Crippen molar-refractivity contribution in [1.82, 2.24) is 28.2 Å². The van der Waals surface area contributed by atoms with Gasteiger partial charge in [-0.15, -0.1) is 0 Å². The maximum atomic E-state index is 5.66. The fraction of sp³-hybridized carbons (Fsp3) is 0. The highest BCUT2D eigenvalue weighted by atomic mass is 15.2. The Kier molecular flexibility index (Phi) is 12.2. The third-order valence-corrected chi connectivity index (χ3v) is 19.2. The predicted molar refractivity (Wildman–Crippen MR) is 392 cm³/mol. The minimum absolute atomic E-state index is 0.593. The molecule has 0 saturated carbocycles. The monoisotopic (exact) mass is 1200 g/mol. The van der Waals surface area contributed by atoms with E-state index in [0.717, 1.165) is 94.7 Å². The van der Waals surface area contributed by atoms with Crippen molar-refractivity contribution in [3.8, 4) is 90.0 Å². The summed E-state index contributed by atoms with van der Waals surface area (Å²) in [6.45, 7) is 0. The minimum Gasteiger partial charge on any atom is -0.309 e. The lowest BCUT2D eigenvalue weighted by molar-refractivity contribution is 0.995. The smallest absolute Gasteiger partial charge is 0.235 e. The highest BCUT2D eigenvalue weighted by Gasteiger charge is 2.22. The number of hydrogen-bond acceptors (Lipinski definition) is 2. The van der Waals surface area contributed by atoms with Gasteiger partial charge in [-0.25, -0.2) is 9.97 Å². The second-order valence-corrected chi connectivity index (χ2v) is 24.5. The molecule has 94 heavy (non-hydrogen) atoms. The molecular formula is C88H56N6. The molecule has 0 aliphatic carbocycles. The summed E-state index contributed by atoms with van der Waals surface area (Å²) in [5.74, 6) is 0.593. The molecule has 0 N–H and O–H groups in total. The van der Waals surface area contributed by atoms with Crippen molar-refractivity contribution in [2.75, 3.05) is 0 Å². The summed E-state index contributed by atoms with van der Waals surface area (Å²) < 4.78 is 9.42. The lowest BCUT2D eigenvalue weighted by Crippen LogP contribution is -2.04. The molecule has 0 amide bonds. The van der Waals surface area contributed by atoms with Crippen LogP contribution < -0.4 is 0 Å². The van der Waals surface area contributed by atoms with Gasteiger partial charge in [0.2, 0.25) is 5.95 Å². The zero-order valence-corrected chi connectivity index (χ0v) is 51.0. The molecule has 0 radical (unpaired) electrons. The minimum atomic E-state index is 0.593. The van der Waals surface area contributed by atoms with Crippen LogP contribution in [0.4, 0.5) is 0 Å². The largest absolute Gasteiger partial charge is 0.309 e. The van der Waals surface area contributed by atoms with Gasteiger partial charge in [0.25, 0.3) is 0 Å². The van der Waals surface area contributed by atoms with Crippen LogP contribution in [0.1, 0.15) is 0 Å². The number of hydrogen-bond donors (Lipinski definition) is 0. The van der Waals surface area contributed by atoms with Gasteiger partial charge in [0.15, 0.2) is 0 Å². The molecule has 14 aromatic carbocycles. The lowest BCUT2D eigenvalue weighted by atomic mass is 9.97. The summed E-state index contributed by atoms with van der Waals surface area (Å²) in [5, 5.41) is 9.55. The van der Waals surface area contributed by atoms with Crippen molar-refractivity contribution in [2.24, 2.45) is 0 Å². The van der Waals surface area contributed by atoms with E-state index in [2.05, 4.69) is 358 Å². The Bertz CT molecular complexity index is 6220. The molecule has 0 aliphatic rings. The van der Waals surface area contributed by atoms with Gasteiger partial charge in [-0.2, -0.15) is 0 Å². The molecule has 438 valence electrons. The fourth-order valence-corrected chi connectivity index (χ4v) is 14.8. The van der Waals surface area contributed by atoms with Crippen LogP contribution >= 0.6 is 0 Å². The average Bonchev–Trinajstić information content (AvgIpc) is 1.61. The molecule has 0 bridgehead atoms. The SMILES string of the molecule is c1ccc(-c2cccc(-c3cccc(-c4cc(-c5cccc(-n6c7ccccc7c7cc(-c8ccc9c(c8)c8ccccc8n9-c8ccccc8)ccc76)c5)nc(-n5c6ccccc6c6cc(-c7ccc8c(c7)c7ccccc7n8-c7ccccc7)ccc65)n4)c3)c2)cc1. The number of nitrogens with zero attached hydrogens (tertiary/aromatic N) is 6. The Morgan fingerprint density at radius 2 is 0.436 bits per heavy atom. The molecule has 5 heterocycles. The molecule has 0 atom stereocenters. The van der Waals surface area contributed by atoms with Crippen LogP contribution in [-0.2, 0) is 0 Å². The van der Waals surface area contributed by atoms with E-state index in [4.69, 9.17) is 9.97 Å². The summed E-state index contributed by atoms with van der Waals surface area (Å²) in [6.07, 6.45) is 0. The normalized spacial score (nSPS) is 11.8. The second-order valence-electron chi connectivity index (χ2n) is 24.5. The van der Waals surface area contributed by atoms with Gasteiger partial charge in [-0.1, -0.05) is 212 Å². The van der Waals surface area contributed by atoms with Crippen LogP contribution in [0.2, 0.25) is 0 Å². The standard InChI is InChI=1S/C88H56N6/c1-4-21-57(22-5-1)58-23-18-24-59(49-58)60-25-19-26-65(50-60)78-56-79(90-88(89-78)94-83-40-17-13-36-73(83)77-55-64(44-48-87(77)94)62-42-46-85-75(53-62)71-34-11-15-38-81(71)92(85)68-30-8-3-9-31-68)66-27-20-32-69(51-66)93-82-39-16-12-35-72(82)76-54-63(43-47-86(76)93)61-41-45-84-74(52-61)70-33-10-14-37-80(70)91(84)67-28-6-2-7-29-67/h1-56H. The quantitative estimate of drug-likeness (QED) is 0.137. The van der Waals surface area contributed by atoms with Crippen LogP contribution in [0.25, 0.3) is 177 Å². The molecule has 5 aromatic heterocycles. The van der Waals surface area contributed by atoms with Crippen molar-refractivity contribution < 1.29 is 0 Å². The van der Waals surface area contributed by atoms with E-state index in [-0.39, 0.29) is 0 Å². The zero-order chi connectivity index (χ0) is 61.8. The number of para-hydroxylation sites is 6. The van der Waals surface area contributed by atoms with Crippen molar-refractivity contribution in [1.29, 1.82) is 0 Å². The maximum Gasteiger partial charge on any atom is 0.235 e. The third kappa shape index (κ3) is 8.65. The first kappa shape index (κ1) is 53.2. The van der Waals surface area contributed by atoms with Gasteiger partial charge in [0, 0.05) is 71.3 Å². The van der Waals surface area contributed by atoms with Gasteiger partial charge in [-0.05, 0) is 172 Å². The van der Waals surface area contributed by atoms with Gasteiger partial charge in [0.05, 0.1) is 55.5 Å². The predicted octanol–water partition coefficient (Wildman–Crippen LogP) is 22.9. The number of aromatic nitrogens is 6. The summed E-state index contributed by atoms with van der Waals surface area (Å²) in [5.41, 5.74) is 25.3. The molecule has 0 saturated heterocycles. The molecule has 19 rings (SSSR count). The molecule has 0 fully saturated rings. The first-order valence-corrected chi connectivity index (χ1v) is 32.1. The highest BCUT2D eigenvalue weighted by Crippen LogP contribution is 2.42. The van der Waals surface area contributed by atoms with Gasteiger partial charge in [-0.3, -0.25) is 4.57 Å². The van der Waals surface area contributed by atoms with Crippen molar-refractivity contribution in [2.45, 2.75) is 0 Å². The van der Waals surface area contributed by atoms with E-state index >= 15 is 0 Å². The van der Waals surface area contributed by atoms with Crippen LogP contribution in [-0.4, -0.2) is 28.2 Å². The number of benzene rings is 14. The number of fused-ring (bicyclic) bond motifs is 12. The highest BCUT2D eigenvalue weighted by molar-refractivity contribution is 6.15. The summed E-state index contributed by atoms with van der Waals surface area (Å²) in [4.78, 5) is 11.3. The Hall–Kier alpha value is -12.6. The molecular weight excluding hydrogens is 1140 g/mol. The average molecular weight is 1200 g/mol. The Morgan fingerprint density at radius 3 is 0.872 bits per heavy atom. The summed E-state index contributed by atoms with van der Waals surface area (Å²) in [7, 11) is 0. The van der Waals surface area contributed by atoms with E-state index < -0.39 is 0 Å². The van der Waals surface area contributed by atoms with E-state index in [1.165, 1.54) is 76.6 Å². The van der Waals surface area contributed by atoms with Gasteiger partial charge < -0.3 is 13.7 Å². The topological polar surface area (TPSA) is 45.5 Å². The fourth-order valence-electron chi connectivity index (χ4n) is 14.8. The Labute approximate surface area is 542 Å².